The highest BCUT2D eigenvalue weighted by Crippen LogP contribution is 2.28. The van der Waals surface area contributed by atoms with Crippen LogP contribution in [0.4, 0.5) is 9.59 Å². The van der Waals surface area contributed by atoms with Crippen LogP contribution in [-0.4, -0.2) is 57.4 Å². The third-order valence-electron chi connectivity index (χ3n) is 3.79. The molecule has 2 aliphatic heterocycles. The lowest BCUT2D eigenvalue weighted by Gasteiger charge is -2.28. The van der Waals surface area contributed by atoms with Gasteiger partial charge in [0, 0.05) is 25.2 Å². The van der Waals surface area contributed by atoms with Gasteiger partial charge in [-0.15, -0.1) is 0 Å². The summed E-state index contributed by atoms with van der Waals surface area (Å²) in [6, 6.07) is -0.00472. The second-order valence-corrected chi connectivity index (χ2v) is 4.78. The maximum atomic E-state index is 11.0. The van der Waals surface area contributed by atoms with E-state index >= 15 is 0 Å². The minimum absolute atomic E-state index is 0.00236. The predicted octanol–water partition coefficient (Wildman–Crippen LogP) is 1.66. The molecule has 2 unspecified atom stereocenters. The van der Waals surface area contributed by atoms with E-state index in [1.807, 2.05) is 0 Å². The second-order valence-electron chi connectivity index (χ2n) is 4.78. The Balaban J connectivity index is 1.96. The number of carboxylic acid groups (broad SMARTS) is 2. The van der Waals surface area contributed by atoms with Crippen LogP contribution >= 0.6 is 0 Å². The monoisotopic (exact) mass is 242 g/mol. The van der Waals surface area contributed by atoms with Gasteiger partial charge in [0.1, 0.15) is 0 Å². The topological polar surface area (TPSA) is 81.1 Å². The van der Waals surface area contributed by atoms with E-state index in [0.29, 0.717) is 19.5 Å². The molecule has 2 saturated heterocycles. The fourth-order valence-electron chi connectivity index (χ4n) is 2.98. The van der Waals surface area contributed by atoms with E-state index in [1.165, 1.54) is 9.80 Å². The molecular weight excluding hydrogens is 224 g/mol. The zero-order valence-electron chi connectivity index (χ0n) is 9.71. The van der Waals surface area contributed by atoms with Crippen LogP contribution in [-0.2, 0) is 0 Å². The molecule has 2 N–H and O–H groups in total. The van der Waals surface area contributed by atoms with Gasteiger partial charge in [-0.25, -0.2) is 9.59 Å². The normalized spacial score (nSPS) is 28.7. The molecule has 0 aliphatic carbocycles. The highest BCUT2D eigenvalue weighted by atomic mass is 16.4. The van der Waals surface area contributed by atoms with Crippen molar-refractivity contribution in [3.05, 3.63) is 0 Å². The van der Waals surface area contributed by atoms with Crippen molar-refractivity contribution in [1.29, 1.82) is 0 Å². The minimum atomic E-state index is -0.882. The van der Waals surface area contributed by atoms with Gasteiger partial charge in [0.15, 0.2) is 0 Å². The number of amides is 2. The van der Waals surface area contributed by atoms with E-state index in [0.717, 1.165) is 25.7 Å². The Morgan fingerprint density at radius 2 is 1.35 bits per heavy atom. The summed E-state index contributed by atoms with van der Waals surface area (Å²) in [4.78, 5) is 24.9. The van der Waals surface area contributed by atoms with Crippen molar-refractivity contribution in [2.45, 2.75) is 44.2 Å². The fourth-order valence-corrected chi connectivity index (χ4v) is 2.98. The number of likely N-dealkylation sites (tertiary alicyclic amines) is 2. The van der Waals surface area contributed by atoms with E-state index < -0.39 is 12.2 Å². The summed E-state index contributed by atoms with van der Waals surface area (Å²) in [5.74, 6) is 0. The van der Waals surface area contributed by atoms with Crippen molar-refractivity contribution in [1.82, 2.24) is 9.80 Å². The Kier molecular flexibility index (Phi) is 3.40. The van der Waals surface area contributed by atoms with Gasteiger partial charge < -0.3 is 20.0 Å². The van der Waals surface area contributed by atoms with E-state index in [2.05, 4.69) is 0 Å². The number of rotatable bonds is 2. The summed E-state index contributed by atoms with van der Waals surface area (Å²) in [6.45, 7) is 1.17. The zero-order valence-corrected chi connectivity index (χ0v) is 9.71. The maximum absolute atomic E-state index is 11.0. The van der Waals surface area contributed by atoms with Crippen LogP contribution in [0.1, 0.15) is 32.1 Å². The first-order valence-corrected chi connectivity index (χ1v) is 6.08. The molecule has 2 rings (SSSR count). The maximum Gasteiger partial charge on any atom is 0.407 e. The molecule has 2 atom stereocenters. The third-order valence-corrected chi connectivity index (χ3v) is 3.79. The van der Waals surface area contributed by atoms with Crippen LogP contribution in [0.5, 0.6) is 0 Å². The van der Waals surface area contributed by atoms with Crippen molar-refractivity contribution >= 4 is 12.2 Å². The Hall–Kier alpha value is -1.46. The number of carbonyl (C=O) groups is 2. The summed E-state index contributed by atoms with van der Waals surface area (Å²) in [6.07, 6.45) is 2.37. The van der Waals surface area contributed by atoms with Gasteiger partial charge in [-0.1, -0.05) is 0 Å². The first-order valence-electron chi connectivity index (χ1n) is 6.08. The molecule has 96 valence electrons. The van der Waals surface area contributed by atoms with Crippen molar-refractivity contribution in [3.63, 3.8) is 0 Å². The van der Waals surface area contributed by atoms with Crippen LogP contribution in [0.2, 0.25) is 0 Å². The first-order chi connectivity index (χ1) is 8.09. The van der Waals surface area contributed by atoms with Crippen molar-refractivity contribution in [2.75, 3.05) is 13.1 Å². The molecule has 2 aliphatic rings. The molecule has 0 aromatic rings. The van der Waals surface area contributed by atoms with Crippen LogP contribution in [0.3, 0.4) is 0 Å². The summed E-state index contributed by atoms with van der Waals surface area (Å²) >= 11 is 0. The lowest BCUT2D eigenvalue weighted by molar-refractivity contribution is 0.118. The molecular formula is C11H18N2O4. The van der Waals surface area contributed by atoms with E-state index in [9.17, 15) is 9.59 Å². The summed E-state index contributed by atoms with van der Waals surface area (Å²) in [7, 11) is 0. The molecule has 2 heterocycles. The minimum Gasteiger partial charge on any atom is -0.465 e. The summed E-state index contributed by atoms with van der Waals surface area (Å²) < 4.78 is 0. The predicted molar refractivity (Wildman–Crippen MR) is 60.1 cm³/mol. The Labute approximate surface area is 99.8 Å². The van der Waals surface area contributed by atoms with Gasteiger partial charge in [-0.3, -0.25) is 0 Å². The van der Waals surface area contributed by atoms with Gasteiger partial charge in [-0.05, 0) is 32.1 Å². The molecule has 17 heavy (non-hydrogen) atoms. The first kappa shape index (κ1) is 12.0. The van der Waals surface area contributed by atoms with Gasteiger partial charge in [0.25, 0.3) is 0 Å². The van der Waals surface area contributed by atoms with Crippen LogP contribution in [0, 0.1) is 0 Å². The lowest BCUT2D eigenvalue weighted by Crippen LogP contribution is -2.41. The SMILES string of the molecule is O=C(O)N1CCCC1CC1CCCN1C(=O)O. The van der Waals surface area contributed by atoms with E-state index in [1.54, 1.807) is 0 Å². The zero-order chi connectivity index (χ0) is 12.4. The molecule has 2 fully saturated rings. The molecule has 6 heteroatoms. The Morgan fingerprint density at radius 3 is 1.71 bits per heavy atom. The number of nitrogens with zero attached hydrogens (tertiary/aromatic N) is 2. The summed E-state index contributed by atoms with van der Waals surface area (Å²) in [5.41, 5.74) is 0. The number of hydrogen-bond donors (Lipinski definition) is 2. The molecule has 2 amide bonds. The standard InChI is InChI=1S/C11H18N2O4/c14-10(15)12-5-1-3-8(12)7-9-4-2-6-13(9)11(16)17/h8-9H,1-7H2,(H,14,15)(H,16,17). The lowest BCUT2D eigenvalue weighted by atomic mass is 10.0. The molecule has 0 aromatic heterocycles. The van der Waals surface area contributed by atoms with Crippen LogP contribution in [0.15, 0.2) is 0 Å². The average Bonchev–Trinajstić information content (AvgIpc) is 2.86. The molecule has 0 aromatic carbocycles. The van der Waals surface area contributed by atoms with E-state index in [-0.39, 0.29) is 12.1 Å². The molecule has 0 spiro atoms. The quantitative estimate of drug-likeness (QED) is 0.771. The average molecular weight is 242 g/mol. The van der Waals surface area contributed by atoms with Crippen molar-refractivity contribution in [3.8, 4) is 0 Å². The fraction of sp³-hybridized carbons (Fsp3) is 0.818. The molecule has 6 nitrogen and oxygen atoms in total. The molecule has 0 saturated carbocycles. The smallest absolute Gasteiger partial charge is 0.407 e. The van der Waals surface area contributed by atoms with Gasteiger partial charge >= 0.3 is 12.2 Å². The molecule has 0 bridgehead atoms. The van der Waals surface area contributed by atoms with Gasteiger partial charge in [-0.2, -0.15) is 0 Å². The van der Waals surface area contributed by atoms with E-state index in [4.69, 9.17) is 10.2 Å². The Bertz CT molecular complexity index is 291. The Morgan fingerprint density at radius 1 is 0.941 bits per heavy atom. The van der Waals surface area contributed by atoms with Crippen LogP contribution in [0.25, 0.3) is 0 Å². The second kappa shape index (κ2) is 4.81. The third kappa shape index (κ3) is 2.45. The highest BCUT2D eigenvalue weighted by Gasteiger charge is 2.35. The van der Waals surface area contributed by atoms with Crippen molar-refractivity contribution in [2.24, 2.45) is 0 Å². The largest absolute Gasteiger partial charge is 0.465 e. The number of hydrogen-bond acceptors (Lipinski definition) is 2. The van der Waals surface area contributed by atoms with Gasteiger partial charge in [0.05, 0.1) is 0 Å². The van der Waals surface area contributed by atoms with Gasteiger partial charge in [0.2, 0.25) is 0 Å². The van der Waals surface area contributed by atoms with Crippen molar-refractivity contribution < 1.29 is 19.8 Å². The van der Waals surface area contributed by atoms with Crippen LogP contribution < -0.4 is 0 Å². The summed E-state index contributed by atoms with van der Waals surface area (Å²) in [5, 5.41) is 18.1. The highest BCUT2D eigenvalue weighted by molar-refractivity contribution is 5.66. The molecule has 0 radical (unpaired) electrons.